The van der Waals surface area contributed by atoms with E-state index in [1.54, 1.807) is 12.1 Å². The van der Waals surface area contributed by atoms with Gasteiger partial charge in [-0.2, -0.15) is 0 Å². The average Bonchev–Trinajstić information content (AvgIpc) is 2.20. The molecular formula is C12H17FO2. The first kappa shape index (κ1) is 12.0. The molecule has 1 aromatic rings. The summed E-state index contributed by atoms with van der Waals surface area (Å²) in [5, 5.41) is 8.79. The van der Waals surface area contributed by atoms with Gasteiger partial charge < -0.3 is 9.84 Å². The van der Waals surface area contributed by atoms with Gasteiger partial charge in [0.15, 0.2) is 11.6 Å². The Labute approximate surface area is 89.7 Å². The van der Waals surface area contributed by atoms with E-state index in [0.29, 0.717) is 18.1 Å². The van der Waals surface area contributed by atoms with Crippen LogP contribution in [0.5, 0.6) is 5.75 Å². The minimum Gasteiger partial charge on any atom is -0.491 e. The van der Waals surface area contributed by atoms with E-state index in [9.17, 15) is 4.39 Å². The monoisotopic (exact) mass is 212 g/mol. The summed E-state index contributed by atoms with van der Waals surface area (Å²) in [6, 6.07) is 4.51. The first-order valence-electron chi connectivity index (χ1n) is 5.15. The van der Waals surface area contributed by atoms with Gasteiger partial charge in [0.05, 0.1) is 13.2 Å². The van der Waals surface area contributed by atoms with Crippen molar-refractivity contribution in [2.24, 2.45) is 5.92 Å². The van der Waals surface area contributed by atoms with E-state index < -0.39 is 5.82 Å². The standard InChI is InChI=1S/C12H17FO2/c1-9(2)5-6-15-12-4-3-10(8-14)7-11(12)13/h3-4,7,9,14H,5-6,8H2,1-2H3. The van der Waals surface area contributed by atoms with Crippen molar-refractivity contribution in [3.05, 3.63) is 29.6 Å². The lowest BCUT2D eigenvalue weighted by Gasteiger charge is -2.09. The number of ether oxygens (including phenoxy) is 1. The summed E-state index contributed by atoms with van der Waals surface area (Å²) in [5.74, 6) is 0.392. The maximum atomic E-state index is 13.3. The van der Waals surface area contributed by atoms with Gasteiger partial charge >= 0.3 is 0 Å². The van der Waals surface area contributed by atoms with E-state index in [1.165, 1.54) is 6.07 Å². The van der Waals surface area contributed by atoms with Crippen molar-refractivity contribution < 1.29 is 14.2 Å². The number of benzene rings is 1. The molecule has 0 aliphatic heterocycles. The van der Waals surface area contributed by atoms with Crippen LogP contribution in [0.25, 0.3) is 0 Å². The molecule has 0 aliphatic rings. The zero-order valence-electron chi connectivity index (χ0n) is 9.16. The first-order chi connectivity index (χ1) is 7.13. The van der Waals surface area contributed by atoms with Crippen molar-refractivity contribution in [3.63, 3.8) is 0 Å². The van der Waals surface area contributed by atoms with Crippen LogP contribution in [0.4, 0.5) is 4.39 Å². The quantitative estimate of drug-likeness (QED) is 0.813. The minimum absolute atomic E-state index is 0.150. The molecule has 0 atom stereocenters. The fourth-order valence-corrected chi connectivity index (χ4v) is 1.16. The van der Waals surface area contributed by atoms with Crippen LogP contribution in [0.3, 0.4) is 0 Å². The summed E-state index contributed by atoms with van der Waals surface area (Å²) >= 11 is 0. The highest BCUT2D eigenvalue weighted by Crippen LogP contribution is 2.18. The Balaban J connectivity index is 2.54. The molecule has 1 N–H and O–H groups in total. The molecule has 84 valence electrons. The zero-order chi connectivity index (χ0) is 11.3. The molecule has 0 amide bonds. The van der Waals surface area contributed by atoms with Crippen molar-refractivity contribution in [1.29, 1.82) is 0 Å². The summed E-state index contributed by atoms with van der Waals surface area (Å²) in [6.07, 6.45) is 0.904. The third-order valence-corrected chi connectivity index (χ3v) is 2.13. The van der Waals surface area contributed by atoms with E-state index in [1.807, 2.05) is 0 Å². The van der Waals surface area contributed by atoms with Crippen LogP contribution in [-0.4, -0.2) is 11.7 Å². The van der Waals surface area contributed by atoms with Crippen molar-refractivity contribution in [2.75, 3.05) is 6.61 Å². The Bertz CT molecular complexity index is 310. The molecule has 0 unspecified atom stereocenters. The first-order valence-corrected chi connectivity index (χ1v) is 5.15. The molecule has 1 rings (SSSR count). The van der Waals surface area contributed by atoms with E-state index in [-0.39, 0.29) is 12.4 Å². The second-order valence-electron chi connectivity index (χ2n) is 3.95. The third-order valence-electron chi connectivity index (χ3n) is 2.13. The third kappa shape index (κ3) is 3.88. The lowest BCUT2D eigenvalue weighted by Crippen LogP contribution is -2.03. The van der Waals surface area contributed by atoms with Crippen LogP contribution in [-0.2, 0) is 6.61 Å². The molecule has 0 bridgehead atoms. The second-order valence-corrected chi connectivity index (χ2v) is 3.95. The predicted octanol–water partition coefficient (Wildman–Crippen LogP) is 2.74. The molecule has 0 spiro atoms. The summed E-state index contributed by atoms with van der Waals surface area (Å²) in [6.45, 7) is 4.55. The Hall–Kier alpha value is -1.09. The number of aliphatic hydroxyl groups is 1. The number of hydrogen-bond acceptors (Lipinski definition) is 2. The molecule has 0 fully saturated rings. The van der Waals surface area contributed by atoms with Crippen molar-refractivity contribution >= 4 is 0 Å². The summed E-state index contributed by atoms with van der Waals surface area (Å²) in [5.41, 5.74) is 0.559. The smallest absolute Gasteiger partial charge is 0.165 e. The molecule has 2 nitrogen and oxygen atoms in total. The Morgan fingerprint density at radius 2 is 2.13 bits per heavy atom. The Morgan fingerprint density at radius 1 is 1.40 bits per heavy atom. The molecule has 0 radical (unpaired) electrons. The average molecular weight is 212 g/mol. The van der Waals surface area contributed by atoms with Gasteiger partial charge in [-0.15, -0.1) is 0 Å². The summed E-state index contributed by atoms with van der Waals surface area (Å²) < 4.78 is 18.6. The van der Waals surface area contributed by atoms with Crippen molar-refractivity contribution in [1.82, 2.24) is 0 Å². The summed E-state index contributed by atoms with van der Waals surface area (Å²) in [4.78, 5) is 0. The van der Waals surface area contributed by atoms with E-state index in [4.69, 9.17) is 9.84 Å². The molecular weight excluding hydrogens is 195 g/mol. The van der Waals surface area contributed by atoms with Crippen LogP contribution >= 0.6 is 0 Å². The van der Waals surface area contributed by atoms with Crippen LogP contribution in [0.2, 0.25) is 0 Å². The van der Waals surface area contributed by atoms with Gasteiger partial charge in [0.2, 0.25) is 0 Å². The van der Waals surface area contributed by atoms with Gasteiger partial charge in [0, 0.05) is 0 Å². The largest absolute Gasteiger partial charge is 0.491 e. The van der Waals surface area contributed by atoms with Crippen molar-refractivity contribution in [3.8, 4) is 5.75 Å². The van der Waals surface area contributed by atoms with Crippen LogP contribution in [0, 0.1) is 11.7 Å². The molecule has 0 saturated carbocycles. The lowest BCUT2D eigenvalue weighted by molar-refractivity contribution is 0.271. The molecule has 1 aromatic carbocycles. The molecule has 15 heavy (non-hydrogen) atoms. The maximum absolute atomic E-state index is 13.3. The SMILES string of the molecule is CC(C)CCOc1ccc(CO)cc1F. The predicted molar refractivity (Wildman–Crippen MR) is 57.3 cm³/mol. The van der Waals surface area contributed by atoms with Gasteiger partial charge in [0.1, 0.15) is 0 Å². The normalized spacial score (nSPS) is 10.7. The Kier molecular flexibility index (Phi) is 4.56. The molecule has 0 aromatic heterocycles. The van der Waals surface area contributed by atoms with E-state index in [0.717, 1.165) is 6.42 Å². The number of aliphatic hydroxyl groups excluding tert-OH is 1. The van der Waals surface area contributed by atoms with Gasteiger partial charge in [-0.05, 0) is 30.0 Å². The second kappa shape index (κ2) is 5.71. The van der Waals surface area contributed by atoms with Crippen LogP contribution < -0.4 is 4.74 Å². The van der Waals surface area contributed by atoms with Crippen molar-refractivity contribution in [2.45, 2.75) is 26.9 Å². The van der Waals surface area contributed by atoms with Gasteiger partial charge in [-0.1, -0.05) is 19.9 Å². The van der Waals surface area contributed by atoms with Gasteiger partial charge in [0.25, 0.3) is 0 Å². The fourth-order valence-electron chi connectivity index (χ4n) is 1.16. The lowest BCUT2D eigenvalue weighted by atomic mass is 10.1. The molecule has 3 heteroatoms. The molecule has 0 saturated heterocycles. The van der Waals surface area contributed by atoms with E-state index >= 15 is 0 Å². The van der Waals surface area contributed by atoms with Crippen LogP contribution in [0.1, 0.15) is 25.8 Å². The highest BCUT2D eigenvalue weighted by Gasteiger charge is 2.04. The number of halogens is 1. The Morgan fingerprint density at radius 3 is 2.67 bits per heavy atom. The zero-order valence-corrected chi connectivity index (χ0v) is 9.16. The highest BCUT2D eigenvalue weighted by atomic mass is 19.1. The topological polar surface area (TPSA) is 29.5 Å². The summed E-state index contributed by atoms with van der Waals surface area (Å²) in [7, 11) is 0. The molecule has 0 heterocycles. The van der Waals surface area contributed by atoms with Gasteiger partial charge in [-0.25, -0.2) is 4.39 Å². The number of hydrogen-bond donors (Lipinski definition) is 1. The van der Waals surface area contributed by atoms with Gasteiger partial charge in [-0.3, -0.25) is 0 Å². The number of rotatable bonds is 5. The van der Waals surface area contributed by atoms with E-state index in [2.05, 4.69) is 13.8 Å². The fraction of sp³-hybridized carbons (Fsp3) is 0.500. The maximum Gasteiger partial charge on any atom is 0.165 e. The van der Waals surface area contributed by atoms with Crippen LogP contribution in [0.15, 0.2) is 18.2 Å². The minimum atomic E-state index is -0.412. The molecule has 0 aliphatic carbocycles. The highest BCUT2D eigenvalue weighted by molar-refractivity contribution is 5.28.